The lowest BCUT2D eigenvalue weighted by Crippen LogP contribution is -1.96. The van der Waals surface area contributed by atoms with Crippen molar-refractivity contribution < 1.29 is 4.79 Å². The van der Waals surface area contributed by atoms with Crippen LogP contribution in [-0.2, 0) is 0 Å². The molecule has 0 unspecified atom stereocenters. The predicted octanol–water partition coefficient (Wildman–Crippen LogP) is 4.52. The molecule has 0 fully saturated rings. The molecule has 0 atom stereocenters. The van der Waals surface area contributed by atoms with Gasteiger partial charge in [0.2, 0.25) is 0 Å². The molecular weight excluding hydrogens is 232 g/mol. The maximum Gasteiger partial charge on any atom is 0.160 e. The Hall–Kier alpha value is -1.60. The second kappa shape index (κ2) is 4.72. The van der Waals surface area contributed by atoms with E-state index in [-0.39, 0.29) is 5.78 Å². The van der Waals surface area contributed by atoms with Crippen LogP contribution in [0.3, 0.4) is 0 Å². The molecule has 86 valence electrons. The molecule has 0 saturated carbocycles. The Kier molecular flexibility index (Phi) is 3.30. The summed E-state index contributed by atoms with van der Waals surface area (Å²) in [5, 5.41) is 0.725. The van der Waals surface area contributed by atoms with Crippen molar-refractivity contribution in [2.24, 2.45) is 0 Å². The molecule has 0 aliphatic carbocycles. The fraction of sp³-hybridized carbons (Fsp3) is 0.133. The molecule has 0 radical (unpaired) electrons. The number of ketones is 1. The van der Waals surface area contributed by atoms with Crippen LogP contribution in [0, 0.1) is 6.92 Å². The number of benzene rings is 2. The van der Waals surface area contributed by atoms with Crippen LogP contribution in [0.1, 0.15) is 22.8 Å². The molecule has 2 aromatic carbocycles. The first kappa shape index (κ1) is 11.9. The molecule has 0 aromatic heterocycles. The second-order valence-corrected chi connectivity index (χ2v) is 4.47. The number of carbonyl (C=O) groups is 1. The Morgan fingerprint density at radius 2 is 1.82 bits per heavy atom. The van der Waals surface area contributed by atoms with Crippen molar-refractivity contribution in [2.45, 2.75) is 13.8 Å². The van der Waals surface area contributed by atoms with Gasteiger partial charge in [-0.1, -0.05) is 48.0 Å². The molecule has 0 spiro atoms. The highest BCUT2D eigenvalue weighted by Gasteiger charge is 2.07. The van der Waals surface area contributed by atoms with E-state index >= 15 is 0 Å². The lowest BCUT2D eigenvalue weighted by Gasteiger charge is -2.07. The fourth-order valence-corrected chi connectivity index (χ4v) is 2.17. The molecule has 0 N–H and O–H groups in total. The van der Waals surface area contributed by atoms with E-state index in [1.165, 1.54) is 0 Å². The molecule has 0 aliphatic heterocycles. The Bertz CT molecular complexity index is 573. The second-order valence-electron chi connectivity index (χ2n) is 4.07. The number of aryl methyl sites for hydroxylation is 1. The van der Waals surface area contributed by atoms with Gasteiger partial charge in [0.15, 0.2) is 5.78 Å². The maximum atomic E-state index is 11.4. The largest absolute Gasteiger partial charge is 0.295 e. The first-order chi connectivity index (χ1) is 8.09. The third-order valence-electron chi connectivity index (χ3n) is 2.79. The smallest absolute Gasteiger partial charge is 0.160 e. The zero-order valence-electron chi connectivity index (χ0n) is 9.83. The van der Waals surface area contributed by atoms with Gasteiger partial charge in [0.1, 0.15) is 0 Å². The van der Waals surface area contributed by atoms with Crippen molar-refractivity contribution in [2.75, 3.05) is 0 Å². The van der Waals surface area contributed by atoms with E-state index in [0.717, 1.165) is 27.3 Å². The minimum absolute atomic E-state index is 0.0909. The van der Waals surface area contributed by atoms with Crippen LogP contribution in [0.15, 0.2) is 42.5 Å². The summed E-state index contributed by atoms with van der Waals surface area (Å²) in [6.07, 6.45) is 0. The molecular formula is C15H13ClO. The van der Waals surface area contributed by atoms with Crippen molar-refractivity contribution >= 4 is 17.4 Å². The lowest BCUT2D eigenvalue weighted by atomic mass is 9.98. The predicted molar refractivity (Wildman–Crippen MR) is 71.6 cm³/mol. The van der Waals surface area contributed by atoms with Crippen LogP contribution < -0.4 is 0 Å². The van der Waals surface area contributed by atoms with Gasteiger partial charge in [0.05, 0.1) is 0 Å². The van der Waals surface area contributed by atoms with Gasteiger partial charge in [-0.15, -0.1) is 0 Å². The highest BCUT2D eigenvalue weighted by molar-refractivity contribution is 6.33. The average Bonchev–Trinajstić information content (AvgIpc) is 2.29. The summed E-state index contributed by atoms with van der Waals surface area (Å²) in [7, 11) is 0. The van der Waals surface area contributed by atoms with Crippen LogP contribution in [-0.4, -0.2) is 5.78 Å². The third-order valence-corrected chi connectivity index (χ3v) is 3.12. The van der Waals surface area contributed by atoms with Gasteiger partial charge in [-0.3, -0.25) is 4.79 Å². The normalized spacial score (nSPS) is 10.3. The van der Waals surface area contributed by atoms with Gasteiger partial charge in [0, 0.05) is 16.1 Å². The summed E-state index contributed by atoms with van der Waals surface area (Å²) in [6.45, 7) is 3.52. The van der Waals surface area contributed by atoms with Crippen LogP contribution in [0.25, 0.3) is 11.1 Å². The summed E-state index contributed by atoms with van der Waals surface area (Å²) < 4.78 is 0. The molecule has 0 aliphatic rings. The summed E-state index contributed by atoms with van der Waals surface area (Å²) in [5.41, 5.74) is 3.78. The molecule has 0 heterocycles. The summed E-state index contributed by atoms with van der Waals surface area (Å²) in [5.74, 6) is 0.0909. The number of carbonyl (C=O) groups excluding carboxylic acids is 1. The summed E-state index contributed by atoms with van der Waals surface area (Å²) in [6, 6.07) is 13.5. The van der Waals surface area contributed by atoms with Crippen molar-refractivity contribution in [3.63, 3.8) is 0 Å². The van der Waals surface area contributed by atoms with Gasteiger partial charge in [-0.25, -0.2) is 0 Å². The molecule has 2 aromatic rings. The SMILES string of the molecule is CC(=O)c1ccc(-c2ccccc2Cl)cc1C. The highest BCUT2D eigenvalue weighted by atomic mass is 35.5. The third kappa shape index (κ3) is 2.40. The lowest BCUT2D eigenvalue weighted by molar-refractivity contribution is 0.101. The van der Waals surface area contributed by atoms with Gasteiger partial charge in [-0.2, -0.15) is 0 Å². The van der Waals surface area contributed by atoms with Crippen LogP contribution in [0.4, 0.5) is 0 Å². The average molecular weight is 245 g/mol. The first-order valence-corrected chi connectivity index (χ1v) is 5.84. The number of halogens is 1. The number of hydrogen-bond acceptors (Lipinski definition) is 1. The van der Waals surface area contributed by atoms with Gasteiger partial charge < -0.3 is 0 Å². The van der Waals surface area contributed by atoms with E-state index in [4.69, 9.17) is 11.6 Å². The molecule has 2 heteroatoms. The molecule has 2 rings (SSSR count). The summed E-state index contributed by atoms with van der Waals surface area (Å²) in [4.78, 5) is 11.4. The Morgan fingerprint density at radius 3 is 2.41 bits per heavy atom. The topological polar surface area (TPSA) is 17.1 Å². The zero-order valence-corrected chi connectivity index (χ0v) is 10.6. The van der Waals surface area contributed by atoms with E-state index in [1.54, 1.807) is 6.92 Å². The zero-order chi connectivity index (χ0) is 12.4. The van der Waals surface area contributed by atoms with Crippen LogP contribution in [0.2, 0.25) is 5.02 Å². The molecule has 0 bridgehead atoms. The van der Waals surface area contributed by atoms with Crippen molar-refractivity contribution in [3.8, 4) is 11.1 Å². The van der Waals surface area contributed by atoms with E-state index in [0.29, 0.717) is 0 Å². The molecule has 1 nitrogen and oxygen atoms in total. The Morgan fingerprint density at radius 1 is 1.12 bits per heavy atom. The first-order valence-electron chi connectivity index (χ1n) is 5.46. The number of Topliss-reactive ketones (excluding diaryl/α,β-unsaturated/α-hetero) is 1. The minimum atomic E-state index is 0.0909. The molecule has 17 heavy (non-hydrogen) atoms. The quantitative estimate of drug-likeness (QED) is 0.710. The Labute approximate surface area is 106 Å². The van der Waals surface area contributed by atoms with Gasteiger partial charge >= 0.3 is 0 Å². The monoisotopic (exact) mass is 244 g/mol. The number of rotatable bonds is 2. The maximum absolute atomic E-state index is 11.4. The minimum Gasteiger partial charge on any atom is -0.295 e. The van der Waals surface area contributed by atoms with E-state index in [2.05, 4.69) is 0 Å². The molecule has 0 saturated heterocycles. The van der Waals surface area contributed by atoms with Crippen LogP contribution in [0.5, 0.6) is 0 Å². The van der Waals surface area contributed by atoms with E-state index in [1.807, 2.05) is 49.4 Å². The van der Waals surface area contributed by atoms with Crippen molar-refractivity contribution in [1.29, 1.82) is 0 Å². The number of hydrogen-bond donors (Lipinski definition) is 0. The standard InChI is InChI=1S/C15H13ClO/c1-10-9-12(7-8-13(10)11(2)17)14-5-3-4-6-15(14)16/h3-9H,1-2H3. The fourth-order valence-electron chi connectivity index (χ4n) is 1.92. The van der Waals surface area contributed by atoms with E-state index < -0.39 is 0 Å². The Balaban J connectivity index is 2.52. The molecule has 0 amide bonds. The van der Waals surface area contributed by atoms with Crippen molar-refractivity contribution in [1.82, 2.24) is 0 Å². The highest BCUT2D eigenvalue weighted by Crippen LogP contribution is 2.28. The van der Waals surface area contributed by atoms with Gasteiger partial charge in [0.25, 0.3) is 0 Å². The van der Waals surface area contributed by atoms with Crippen molar-refractivity contribution in [3.05, 3.63) is 58.6 Å². The van der Waals surface area contributed by atoms with Crippen LogP contribution >= 0.6 is 11.6 Å². The summed E-state index contributed by atoms with van der Waals surface area (Å²) >= 11 is 6.15. The van der Waals surface area contributed by atoms with Gasteiger partial charge in [-0.05, 0) is 31.0 Å². The van der Waals surface area contributed by atoms with E-state index in [9.17, 15) is 4.79 Å².